The molecule has 0 radical (unpaired) electrons. The molecule has 0 N–H and O–H groups in total. The maximum Gasteiger partial charge on any atom is 0.164 e. The summed E-state index contributed by atoms with van der Waals surface area (Å²) < 4.78 is 1.88. The molecule has 0 saturated heterocycles. The minimum absolute atomic E-state index is 0.406. The monoisotopic (exact) mass is 212 g/mol. The third kappa shape index (κ3) is 1.70. The molecule has 0 bridgehead atoms. The second kappa shape index (κ2) is 4.37. The van der Waals surface area contributed by atoms with Gasteiger partial charge in [-0.05, 0) is 6.92 Å². The molecule has 0 aliphatic rings. The zero-order valence-electron chi connectivity index (χ0n) is 8.74. The lowest BCUT2D eigenvalue weighted by Gasteiger charge is -1.93. The maximum absolute atomic E-state index is 5.82. The predicted molar refractivity (Wildman–Crippen MR) is 57.4 cm³/mol. The molecule has 0 amide bonds. The highest BCUT2D eigenvalue weighted by molar-refractivity contribution is 6.33. The number of hydrogen-bond acceptors (Lipinski definition) is 3. The van der Waals surface area contributed by atoms with Crippen LogP contribution in [0.3, 0.4) is 0 Å². The van der Waals surface area contributed by atoms with Gasteiger partial charge >= 0.3 is 0 Å². The lowest BCUT2D eigenvalue weighted by atomic mass is 10.6. The molecule has 2 rings (SSSR count). The molecule has 0 spiro atoms. The smallest absolute Gasteiger partial charge is 0.164 e. The van der Waals surface area contributed by atoms with Crippen molar-refractivity contribution in [2.45, 2.75) is 20.8 Å². The topological polar surface area (TPSA) is 43.6 Å². The Kier molecular flexibility index (Phi) is 3.41. The van der Waals surface area contributed by atoms with Crippen LogP contribution in [0.25, 0.3) is 11.2 Å². The molecular formula is C9H13ClN4. The number of hydrogen-bond donors (Lipinski definition) is 0. The molecule has 0 saturated carbocycles. The number of rotatable bonds is 0. The van der Waals surface area contributed by atoms with E-state index in [-0.39, 0.29) is 0 Å². The van der Waals surface area contributed by atoms with Gasteiger partial charge < -0.3 is 4.57 Å². The lowest BCUT2D eigenvalue weighted by molar-refractivity contribution is 0.873. The van der Waals surface area contributed by atoms with Crippen molar-refractivity contribution in [1.82, 2.24) is 19.5 Å². The predicted octanol–water partition coefficient (Wildman–Crippen LogP) is 2.35. The van der Waals surface area contributed by atoms with Crippen molar-refractivity contribution < 1.29 is 0 Å². The standard InChI is InChI=1S/C7H7ClN4.C2H6/c1-4-11-5-6(8)9-3-10-7(5)12(4)2;1-2/h3H,1-2H3;1-2H3. The molecule has 2 aromatic heterocycles. The molecule has 76 valence electrons. The van der Waals surface area contributed by atoms with Crippen molar-refractivity contribution in [3.05, 3.63) is 17.3 Å². The highest BCUT2D eigenvalue weighted by atomic mass is 35.5. The number of imidazole rings is 1. The Bertz CT molecular complexity index is 436. The highest BCUT2D eigenvalue weighted by Gasteiger charge is 2.08. The fraction of sp³-hybridized carbons (Fsp3) is 0.444. The summed E-state index contributed by atoms with van der Waals surface area (Å²) in [6.45, 7) is 5.90. The second-order valence-corrected chi connectivity index (χ2v) is 2.91. The van der Waals surface area contributed by atoms with Gasteiger partial charge in [-0.15, -0.1) is 0 Å². The summed E-state index contributed by atoms with van der Waals surface area (Å²) in [5.41, 5.74) is 1.44. The first-order valence-electron chi connectivity index (χ1n) is 4.49. The Hall–Kier alpha value is -1.16. The zero-order chi connectivity index (χ0) is 10.7. The summed E-state index contributed by atoms with van der Waals surface area (Å²) >= 11 is 5.82. The lowest BCUT2D eigenvalue weighted by Crippen LogP contribution is -1.92. The summed E-state index contributed by atoms with van der Waals surface area (Å²) in [7, 11) is 1.90. The van der Waals surface area contributed by atoms with E-state index in [2.05, 4.69) is 15.0 Å². The Balaban J connectivity index is 0.000000461. The minimum Gasteiger partial charge on any atom is -0.316 e. The van der Waals surface area contributed by atoms with E-state index in [0.717, 1.165) is 11.5 Å². The van der Waals surface area contributed by atoms with Gasteiger partial charge in [0.2, 0.25) is 0 Å². The summed E-state index contributed by atoms with van der Waals surface area (Å²) in [5.74, 6) is 0.882. The first-order chi connectivity index (χ1) is 6.70. The molecule has 2 aromatic rings. The highest BCUT2D eigenvalue weighted by Crippen LogP contribution is 2.17. The van der Waals surface area contributed by atoms with E-state index in [1.807, 2.05) is 32.4 Å². The van der Waals surface area contributed by atoms with Gasteiger partial charge in [0.15, 0.2) is 10.8 Å². The van der Waals surface area contributed by atoms with Gasteiger partial charge in [-0.3, -0.25) is 0 Å². The third-order valence-electron chi connectivity index (χ3n) is 1.84. The third-order valence-corrected chi connectivity index (χ3v) is 2.11. The van der Waals surface area contributed by atoms with Crippen LogP contribution in [-0.2, 0) is 7.05 Å². The number of fused-ring (bicyclic) bond motifs is 1. The van der Waals surface area contributed by atoms with E-state index in [1.54, 1.807) is 0 Å². The SMILES string of the molecule is CC.Cc1nc2c(Cl)ncnc2n1C. The quantitative estimate of drug-likeness (QED) is 0.630. The van der Waals surface area contributed by atoms with Gasteiger partial charge in [0.1, 0.15) is 17.7 Å². The summed E-state index contributed by atoms with van der Waals surface area (Å²) in [6, 6.07) is 0. The van der Waals surface area contributed by atoms with Gasteiger partial charge in [-0.1, -0.05) is 25.4 Å². The van der Waals surface area contributed by atoms with Crippen molar-refractivity contribution in [2.75, 3.05) is 0 Å². The van der Waals surface area contributed by atoms with Crippen LogP contribution in [0.5, 0.6) is 0 Å². The van der Waals surface area contributed by atoms with Gasteiger partial charge in [-0.25, -0.2) is 15.0 Å². The molecule has 5 heteroatoms. The van der Waals surface area contributed by atoms with E-state index in [9.17, 15) is 0 Å². The average molecular weight is 213 g/mol. The molecule has 14 heavy (non-hydrogen) atoms. The molecule has 0 aliphatic carbocycles. The van der Waals surface area contributed by atoms with Crippen molar-refractivity contribution in [2.24, 2.45) is 7.05 Å². The van der Waals surface area contributed by atoms with E-state index >= 15 is 0 Å². The van der Waals surface area contributed by atoms with Crippen molar-refractivity contribution in [1.29, 1.82) is 0 Å². The van der Waals surface area contributed by atoms with Crippen LogP contribution in [0.15, 0.2) is 6.33 Å². The van der Waals surface area contributed by atoms with Gasteiger partial charge in [-0.2, -0.15) is 0 Å². The number of halogens is 1. The van der Waals surface area contributed by atoms with E-state index in [4.69, 9.17) is 11.6 Å². The number of aryl methyl sites for hydroxylation is 2. The van der Waals surface area contributed by atoms with Crippen molar-refractivity contribution in [3.8, 4) is 0 Å². The molecule has 0 atom stereocenters. The largest absolute Gasteiger partial charge is 0.316 e. The van der Waals surface area contributed by atoms with Crippen LogP contribution in [0.1, 0.15) is 19.7 Å². The second-order valence-electron chi connectivity index (χ2n) is 2.55. The molecule has 0 aromatic carbocycles. The Morgan fingerprint density at radius 2 is 1.93 bits per heavy atom. The van der Waals surface area contributed by atoms with Crippen molar-refractivity contribution in [3.63, 3.8) is 0 Å². The van der Waals surface area contributed by atoms with E-state index < -0.39 is 0 Å². The first kappa shape index (κ1) is 10.9. The molecule has 0 aliphatic heterocycles. The number of nitrogens with zero attached hydrogens (tertiary/aromatic N) is 4. The van der Waals surface area contributed by atoms with Gasteiger partial charge in [0, 0.05) is 7.05 Å². The molecule has 0 unspecified atom stereocenters. The summed E-state index contributed by atoms with van der Waals surface area (Å²) in [4.78, 5) is 12.1. The number of aromatic nitrogens is 4. The van der Waals surface area contributed by atoms with Crippen LogP contribution in [0.4, 0.5) is 0 Å². The van der Waals surface area contributed by atoms with Crippen LogP contribution in [0.2, 0.25) is 5.15 Å². The first-order valence-corrected chi connectivity index (χ1v) is 4.87. The van der Waals surface area contributed by atoms with Crippen LogP contribution in [-0.4, -0.2) is 19.5 Å². The molecule has 0 fully saturated rings. The summed E-state index contributed by atoms with van der Waals surface area (Å²) in [6.07, 6.45) is 1.44. The van der Waals surface area contributed by atoms with E-state index in [1.165, 1.54) is 6.33 Å². The summed E-state index contributed by atoms with van der Waals surface area (Å²) in [5, 5.41) is 0.406. The van der Waals surface area contributed by atoms with Crippen LogP contribution >= 0.6 is 11.6 Å². The van der Waals surface area contributed by atoms with Crippen LogP contribution in [0, 0.1) is 6.92 Å². The normalized spacial score (nSPS) is 9.79. The molecule has 2 heterocycles. The van der Waals surface area contributed by atoms with Crippen LogP contribution < -0.4 is 0 Å². The maximum atomic E-state index is 5.82. The average Bonchev–Trinajstić information content (AvgIpc) is 2.50. The van der Waals surface area contributed by atoms with E-state index in [0.29, 0.717) is 10.7 Å². The minimum atomic E-state index is 0.406. The zero-order valence-corrected chi connectivity index (χ0v) is 9.50. The molecule has 4 nitrogen and oxygen atoms in total. The Labute approximate surface area is 88.0 Å². The van der Waals surface area contributed by atoms with Crippen molar-refractivity contribution >= 4 is 22.8 Å². The van der Waals surface area contributed by atoms with Gasteiger partial charge in [0.05, 0.1) is 0 Å². The van der Waals surface area contributed by atoms with Gasteiger partial charge in [0.25, 0.3) is 0 Å². The Morgan fingerprint density at radius 3 is 2.50 bits per heavy atom. The fourth-order valence-electron chi connectivity index (χ4n) is 1.08. The fourth-order valence-corrected chi connectivity index (χ4v) is 1.25. The molecular weight excluding hydrogens is 200 g/mol. The Morgan fingerprint density at radius 1 is 1.29 bits per heavy atom.